The zero-order valence-electron chi connectivity index (χ0n) is 10.3. The molecular formula is C13H17NO3. The fourth-order valence-electron chi connectivity index (χ4n) is 1.56. The van der Waals surface area contributed by atoms with E-state index in [2.05, 4.69) is 0 Å². The lowest BCUT2D eigenvalue weighted by atomic mass is 10.1. The van der Waals surface area contributed by atoms with Gasteiger partial charge in [-0.1, -0.05) is 19.1 Å². The lowest BCUT2D eigenvalue weighted by Gasteiger charge is -2.23. The van der Waals surface area contributed by atoms with Crippen molar-refractivity contribution >= 4 is 17.6 Å². The van der Waals surface area contributed by atoms with E-state index in [1.165, 1.54) is 11.8 Å². The van der Waals surface area contributed by atoms with E-state index in [4.69, 9.17) is 5.11 Å². The van der Waals surface area contributed by atoms with Gasteiger partial charge in [-0.2, -0.15) is 0 Å². The third kappa shape index (κ3) is 3.59. The Balaban J connectivity index is 2.94. The van der Waals surface area contributed by atoms with E-state index in [0.29, 0.717) is 0 Å². The number of amides is 1. The van der Waals surface area contributed by atoms with Crippen LogP contribution < -0.4 is 4.90 Å². The van der Waals surface area contributed by atoms with Gasteiger partial charge >= 0.3 is 5.97 Å². The van der Waals surface area contributed by atoms with Gasteiger partial charge in [-0.05, 0) is 24.6 Å². The molecule has 0 saturated heterocycles. The fraction of sp³-hybridized carbons (Fsp3) is 0.385. The number of aliphatic carboxylic acids is 1. The first-order valence-electron chi connectivity index (χ1n) is 5.49. The summed E-state index contributed by atoms with van der Waals surface area (Å²) >= 11 is 0. The Morgan fingerprint density at radius 2 is 2.06 bits per heavy atom. The number of hydrogen-bond acceptors (Lipinski definition) is 2. The second-order valence-electron chi connectivity index (χ2n) is 4.21. The number of carbonyl (C=O) groups excluding carboxylic acids is 1. The molecular weight excluding hydrogens is 218 g/mol. The predicted molar refractivity (Wildman–Crippen MR) is 66.0 cm³/mol. The minimum Gasteiger partial charge on any atom is -0.481 e. The summed E-state index contributed by atoms with van der Waals surface area (Å²) in [5.74, 6) is -1.63. The molecule has 0 spiro atoms. The lowest BCUT2D eigenvalue weighted by Crippen LogP contribution is -2.35. The molecule has 0 aromatic heterocycles. The number of carbonyl (C=O) groups is 2. The Morgan fingerprint density at radius 3 is 2.53 bits per heavy atom. The van der Waals surface area contributed by atoms with E-state index in [9.17, 15) is 9.59 Å². The molecule has 0 radical (unpaired) electrons. The second kappa shape index (κ2) is 5.48. The zero-order chi connectivity index (χ0) is 13.0. The molecule has 0 fully saturated rings. The molecule has 1 atom stereocenters. The molecule has 1 rings (SSSR count). The summed E-state index contributed by atoms with van der Waals surface area (Å²) in [5.41, 5.74) is 1.78. The van der Waals surface area contributed by atoms with Crippen molar-refractivity contribution in [2.45, 2.75) is 20.8 Å². The van der Waals surface area contributed by atoms with Crippen LogP contribution in [-0.4, -0.2) is 23.5 Å². The average molecular weight is 235 g/mol. The maximum atomic E-state index is 11.5. The van der Waals surface area contributed by atoms with Gasteiger partial charge in [0.15, 0.2) is 0 Å². The molecule has 1 N–H and O–H groups in total. The zero-order valence-corrected chi connectivity index (χ0v) is 10.3. The van der Waals surface area contributed by atoms with Gasteiger partial charge in [-0.3, -0.25) is 9.59 Å². The Labute approximate surface area is 101 Å². The van der Waals surface area contributed by atoms with Crippen LogP contribution in [0.1, 0.15) is 19.4 Å². The third-order valence-electron chi connectivity index (χ3n) is 2.57. The van der Waals surface area contributed by atoms with Crippen molar-refractivity contribution in [2.75, 3.05) is 11.4 Å². The Morgan fingerprint density at radius 1 is 1.41 bits per heavy atom. The van der Waals surface area contributed by atoms with Gasteiger partial charge < -0.3 is 10.0 Å². The van der Waals surface area contributed by atoms with Gasteiger partial charge in [0.2, 0.25) is 5.91 Å². The second-order valence-corrected chi connectivity index (χ2v) is 4.21. The molecule has 17 heavy (non-hydrogen) atoms. The highest BCUT2D eigenvalue weighted by Crippen LogP contribution is 2.17. The van der Waals surface area contributed by atoms with Crippen LogP contribution in [0.4, 0.5) is 5.69 Å². The van der Waals surface area contributed by atoms with Crippen LogP contribution in [0, 0.1) is 12.8 Å². The molecule has 0 aliphatic carbocycles. The highest BCUT2D eigenvalue weighted by molar-refractivity contribution is 5.92. The van der Waals surface area contributed by atoms with Gasteiger partial charge in [-0.25, -0.2) is 0 Å². The largest absolute Gasteiger partial charge is 0.481 e. The van der Waals surface area contributed by atoms with Crippen molar-refractivity contribution < 1.29 is 14.7 Å². The molecule has 0 bridgehead atoms. The topological polar surface area (TPSA) is 57.6 Å². The molecule has 92 valence electrons. The number of carboxylic acids is 1. The summed E-state index contributed by atoms with van der Waals surface area (Å²) in [5, 5.41) is 8.88. The van der Waals surface area contributed by atoms with Gasteiger partial charge in [0.25, 0.3) is 0 Å². The van der Waals surface area contributed by atoms with Gasteiger partial charge in [0.05, 0.1) is 5.92 Å². The standard InChI is InChI=1S/C13H17NO3/c1-9-5-4-6-12(7-9)14(11(3)15)8-10(2)13(16)17/h4-7,10H,8H2,1-3H3,(H,16,17). The minimum absolute atomic E-state index is 0.149. The van der Waals surface area contributed by atoms with E-state index < -0.39 is 11.9 Å². The summed E-state index contributed by atoms with van der Waals surface area (Å²) in [7, 11) is 0. The Kier molecular flexibility index (Phi) is 4.26. The van der Waals surface area contributed by atoms with Crippen LogP contribution in [0.3, 0.4) is 0 Å². The number of carboxylic acid groups (broad SMARTS) is 1. The van der Waals surface area contributed by atoms with Crippen molar-refractivity contribution in [3.63, 3.8) is 0 Å². The maximum absolute atomic E-state index is 11.5. The van der Waals surface area contributed by atoms with E-state index in [-0.39, 0.29) is 12.5 Å². The summed E-state index contributed by atoms with van der Waals surface area (Å²) in [6.07, 6.45) is 0. The molecule has 1 amide bonds. The first kappa shape index (κ1) is 13.2. The van der Waals surface area contributed by atoms with Gasteiger partial charge in [0.1, 0.15) is 0 Å². The molecule has 4 heteroatoms. The normalized spacial score (nSPS) is 11.9. The summed E-state index contributed by atoms with van der Waals surface area (Å²) in [4.78, 5) is 23.9. The van der Waals surface area contributed by atoms with Crippen LogP contribution >= 0.6 is 0 Å². The number of anilines is 1. The third-order valence-corrected chi connectivity index (χ3v) is 2.57. The van der Waals surface area contributed by atoms with Crippen LogP contribution in [0.15, 0.2) is 24.3 Å². The minimum atomic E-state index is -0.899. The van der Waals surface area contributed by atoms with E-state index in [0.717, 1.165) is 11.3 Å². The molecule has 1 aromatic rings. The van der Waals surface area contributed by atoms with E-state index in [1.807, 2.05) is 31.2 Å². The van der Waals surface area contributed by atoms with Crippen LogP contribution in [0.5, 0.6) is 0 Å². The quantitative estimate of drug-likeness (QED) is 0.869. The van der Waals surface area contributed by atoms with Gasteiger partial charge in [0, 0.05) is 19.2 Å². The predicted octanol–water partition coefficient (Wildman–Crippen LogP) is 2.07. The average Bonchev–Trinajstić information content (AvgIpc) is 2.24. The first-order chi connectivity index (χ1) is 7.91. The van der Waals surface area contributed by atoms with Crippen molar-refractivity contribution in [1.82, 2.24) is 0 Å². The number of aryl methyl sites for hydroxylation is 1. The Bertz CT molecular complexity index is 428. The molecule has 1 aromatic carbocycles. The van der Waals surface area contributed by atoms with Crippen molar-refractivity contribution in [3.8, 4) is 0 Å². The number of hydrogen-bond donors (Lipinski definition) is 1. The number of rotatable bonds is 4. The lowest BCUT2D eigenvalue weighted by molar-refractivity contribution is -0.140. The van der Waals surface area contributed by atoms with Crippen LogP contribution in [0.2, 0.25) is 0 Å². The van der Waals surface area contributed by atoms with Crippen molar-refractivity contribution in [1.29, 1.82) is 0 Å². The molecule has 1 unspecified atom stereocenters. The van der Waals surface area contributed by atoms with E-state index in [1.54, 1.807) is 6.92 Å². The Hall–Kier alpha value is -1.84. The fourth-order valence-corrected chi connectivity index (χ4v) is 1.56. The van der Waals surface area contributed by atoms with Crippen molar-refractivity contribution in [3.05, 3.63) is 29.8 Å². The van der Waals surface area contributed by atoms with Gasteiger partial charge in [-0.15, -0.1) is 0 Å². The maximum Gasteiger partial charge on any atom is 0.308 e. The summed E-state index contributed by atoms with van der Waals surface area (Å²) in [6, 6.07) is 7.47. The SMILES string of the molecule is CC(=O)N(CC(C)C(=O)O)c1cccc(C)c1. The first-order valence-corrected chi connectivity index (χ1v) is 5.49. The highest BCUT2D eigenvalue weighted by Gasteiger charge is 2.19. The van der Waals surface area contributed by atoms with Crippen molar-refractivity contribution in [2.24, 2.45) is 5.92 Å². The molecule has 4 nitrogen and oxygen atoms in total. The molecule has 0 heterocycles. The molecule has 0 saturated carbocycles. The van der Waals surface area contributed by atoms with E-state index >= 15 is 0 Å². The van der Waals surface area contributed by atoms with Crippen LogP contribution in [0.25, 0.3) is 0 Å². The molecule has 0 aliphatic rings. The van der Waals surface area contributed by atoms with Crippen LogP contribution in [-0.2, 0) is 9.59 Å². The molecule has 0 aliphatic heterocycles. The number of benzene rings is 1. The smallest absolute Gasteiger partial charge is 0.308 e. The summed E-state index contributed by atoms with van der Waals surface area (Å²) in [6.45, 7) is 5.15. The monoisotopic (exact) mass is 235 g/mol. The number of nitrogens with zero attached hydrogens (tertiary/aromatic N) is 1. The summed E-state index contributed by atoms with van der Waals surface area (Å²) < 4.78 is 0. The highest BCUT2D eigenvalue weighted by atomic mass is 16.4.